The van der Waals surface area contributed by atoms with E-state index in [9.17, 15) is 9.59 Å². The second-order valence-electron chi connectivity index (χ2n) is 4.46. The highest BCUT2D eigenvalue weighted by molar-refractivity contribution is 6.33. The van der Waals surface area contributed by atoms with Gasteiger partial charge in [0.2, 0.25) is 0 Å². The molecule has 0 aliphatic carbocycles. The fourth-order valence-electron chi connectivity index (χ4n) is 1.81. The van der Waals surface area contributed by atoms with Crippen molar-refractivity contribution in [3.05, 3.63) is 58.6 Å². The summed E-state index contributed by atoms with van der Waals surface area (Å²) in [5, 5.41) is 11.8. The number of halogens is 1. The van der Waals surface area contributed by atoms with Crippen LogP contribution in [0.1, 0.15) is 15.9 Å². The normalized spacial score (nSPS) is 10.1. The van der Waals surface area contributed by atoms with Crippen molar-refractivity contribution >= 4 is 34.9 Å². The molecule has 2 aromatic rings. The van der Waals surface area contributed by atoms with Crippen molar-refractivity contribution in [2.24, 2.45) is 0 Å². The summed E-state index contributed by atoms with van der Waals surface area (Å²) in [6.07, 6.45) is -0.0998. The minimum absolute atomic E-state index is 0.0998. The maximum absolute atomic E-state index is 12.1. The molecular formula is C15H13ClN2O3. The Labute approximate surface area is 126 Å². The lowest BCUT2D eigenvalue weighted by atomic mass is 10.1. The zero-order chi connectivity index (χ0) is 15.4. The third-order valence-corrected chi connectivity index (χ3v) is 3.13. The molecule has 0 atom stereocenters. The minimum atomic E-state index is -0.927. The number of aliphatic carboxylic acids is 1. The van der Waals surface area contributed by atoms with E-state index >= 15 is 0 Å². The largest absolute Gasteiger partial charge is 0.481 e. The van der Waals surface area contributed by atoms with Crippen LogP contribution in [0.25, 0.3) is 0 Å². The quantitative estimate of drug-likeness (QED) is 0.757. The molecule has 108 valence electrons. The fraction of sp³-hybridized carbons (Fsp3) is 0.0667. The van der Waals surface area contributed by atoms with Gasteiger partial charge in [0.1, 0.15) is 0 Å². The van der Waals surface area contributed by atoms with Gasteiger partial charge in [-0.25, -0.2) is 0 Å². The van der Waals surface area contributed by atoms with Gasteiger partial charge in [-0.15, -0.1) is 0 Å². The first-order valence-corrected chi connectivity index (χ1v) is 6.50. The van der Waals surface area contributed by atoms with Crippen LogP contribution in [0, 0.1) is 0 Å². The highest BCUT2D eigenvalue weighted by atomic mass is 35.5. The molecule has 0 fully saturated rings. The molecule has 5 nitrogen and oxygen atoms in total. The molecule has 0 heterocycles. The van der Waals surface area contributed by atoms with Gasteiger partial charge in [0.25, 0.3) is 5.91 Å². The number of carbonyl (C=O) groups is 2. The summed E-state index contributed by atoms with van der Waals surface area (Å²) >= 11 is 5.87. The molecule has 0 unspecified atom stereocenters. The number of carboxylic acid groups (broad SMARTS) is 1. The van der Waals surface area contributed by atoms with E-state index in [2.05, 4.69) is 5.32 Å². The van der Waals surface area contributed by atoms with Gasteiger partial charge in [-0.3, -0.25) is 9.59 Å². The van der Waals surface area contributed by atoms with E-state index in [1.54, 1.807) is 36.4 Å². The van der Waals surface area contributed by atoms with Gasteiger partial charge >= 0.3 is 5.97 Å². The standard InChI is InChI=1S/C15H13ClN2O3/c16-12-8-10(4-5-13(12)17)15(21)18-11-3-1-2-9(6-11)7-14(19)20/h1-6,8H,7,17H2,(H,18,21)(H,19,20). The number of rotatable bonds is 4. The van der Waals surface area contributed by atoms with E-state index < -0.39 is 5.97 Å². The topological polar surface area (TPSA) is 92.4 Å². The first-order valence-electron chi connectivity index (χ1n) is 6.13. The van der Waals surface area contributed by atoms with Crippen LogP contribution in [0.5, 0.6) is 0 Å². The monoisotopic (exact) mass is 304 g/mol. The third kappa shape index (κ3) is 3.97. The van der Waals surface area contributed by atoms with Gasteiger partial charge < -0.3 is 16.2 Å². The Hall–Kier alpha value is -2.53. The van der Waals surface area contributed by atoms with Crippen molar-refractivity contribution in [3.63, 3.8) is 0 Å². The number of carbonyl (C=O) groups excluding carboxylic acids is 1. The highest BCUT2D eigenvalue weighted by Crippen LogP contribution is 2.20. The lowest BCUT2D eigenvalue weighted by Crippen LogP contribution is -2.12. The number of benzene rings is 2. The zero-order valence-electron chi connectivity index (χ0n) is 11.0. The molecule has 0 aliphatic rings. The first-order chi connectivity index (χ1) is 9.95. The summed E-state index contributed by atoms with van der Waals surface area (Å²) in [5.74, 6) is -1.27. The van der Waals surface area contributed by atoms with Crippen molar-refractivity contribution in [2.75, 3.05) is 11.1 Å². The Kier molecular flexibility index (Phi) is 4.45. The SMILES string of the molecule is Nc1ccc(C(=O)Nc2cccc(CC(=O)O)c2)cc1Cl. The average molecular weight is 305 g/mol. The van der Waals surface area contributed by atoms with Crippen LogP contribution in [0.3, 0.4) is 0 Å². The summed E-state index contributed by atoms with van der Waals surface area (Å²) < 4.78 is 0. The molecule has 2 aromatic carbocycles. The van der Waals surface area contributed by atoms with E-state index in [0.717, 1.165) is 0 Å². The average Bonchev–Trinajstić information content (AvgIpc) is 2.41. The van der Waals surface area contributed by atoms with Crippen molar-refractivity contribution in [1.82, 2.24) is 0 Å². The van der Waals surface area contributed by atoms with E-state index in [4.69, 9.17) is 22.4 Å². The van der Waals surface area contributed by atoms with E-state index in [1.165, 1.54) is 6.07 Å². The van der Waals surface area contributed by atoms with Crippen molar-refractivity contribution < 1.29 is 14.7 Å². The number of hydrogen-bond donors (Lipinski definition) is 3. The van der Waals surface area contributed by atoms with Crippen molar-refractivity contribution in [3.8, 4) is 0 Å². The smallest absolute Gasteiger partial charge is 0.307 e. The van der Waals surface area contributed by atoms with Gasteiger partial charge in [-0.1, -0.05) is 23.7 Å². The Morgan fingerprint density at radius 3 is 2.62 bits per heavy atom. The maximum Gasteiger partial charge on any atom is 0.307 e. The number of amides is 1. The predicted molar refractivity (Wildman–Crippen MR) is 81.6 cm³/mol. The molecule has 0 bridgehead atoms. The van der Waals surface area contributed by atoms with Crippen LogP contribution in [0.2, 0.25) is 5.02 Å². The van der Waals surface area contributed by atoms with Crippen LogP contribution < -0.4 is 11.1 Å². The molecule has 0 aliphatic heterocycles. The highest BCUT2D eigenvalue weighted by Gasteiger charge is 2.09. The molecule has 4 N–H and O–H groups in total. The zero-order valence-corrected chi connectivity index (χ0v) is 11.7. The first kappa shape index (κ1) is 14.9. The third-order valence-electron chi connectivity index (χ3n) is 2.80. The molecule has 0 saturated heterocycles. The Morgan fingerprint density at radius 1 is 1.19 bits per heavy atom. The summed E-state index contributed by atoms with van der Waals surface area (Å²) in [5.41, 5.74) is 7.49. The second kappa shape index (κ2) is 6.28. The van der Waals surface area contributed by atoms with E-state index in [0.29, 0.717) is 27.5 Å². The van der Waals surface area contributed by atoms with Crippen LogP contribution in [-0.2, 0) is 11.2 Å². The minimum Gasteiger partial charge on any atom is -0.481 e. The number of nitrogen functional groups attached to an aromatic ring is 1. The van der Waals surface area contributed by atoms with Crippen LogP contribution in [0.15, 0.2) is 42.5 Å². The summed E-state index contributed by atoms with van der Waals surface area (Å²) in [6.45, 7) is 0. The second-order valence-corrected chi connectivity index (χ2v) is 4.87. The molecule has 0 saturated carbocycles. The van der Waals surface area contributed by atoms with Crippen LogP contribution >= 0.6 is 11.6 Å². The molecule has 0 spiro atoms. The van der Waals surface area contributed by atoms with Crippen molar-refractivity contribution in [1.29, 1.82) is 0 Å². The Bertz CT molecular complexity index is 701. The van der Waals surface area contributed by atoms with Gasteiger partial charge in [0.15, 0.2) is 0 Å². The Balaban J connectivity index is 2.15. The molecule has 2 rings (SSSR count). The number of anilines is 2. The summed E-state index contributed by atoms with van der Waals surface area (Å²) in [7, 11) is 0. The van der Waals surface area contributed by atoms with E-state index in [-0.39, 0.29) is 12.3 Å². The van der Waals surface area contributed by atoms with Crippen molar-refractivity contribution in [2.45, 2.75) is 6.42 Å². The predicted octanol–water partition coefficient (Wildman–Crippen LogP) is 2.80. The van der Waals surface area contributed by atoms with E-state index in [1.807, 2.05) is 0 Å². The fourth-order valence-corrected chi connectivity index (χ4v) is 1.99. The number of nitrogens with one attached hydrogen (secondary N) is 1. The van der Waals surface area contributed by atoms with Gasteiger partial charge in [0.05, 0.1) is 17.1 Å². The number of hydrogen-bond acceptors (Lipinski definition) is 3. The lowest BCUT2D eigenvalue weighted by Gasteiger charge is -2.07. The number of nitrogens with two attached hydrogens (primary N) is 1. The lowest BCUT2D eigenvalue weighted by molar-refractivity contribution is -0.136. The summed E-state index contributed by atoms with van der Waals surface area (Å²) in [6, 6.07) is 11.3. The molecule has 0 radical (unpaired) electrons. The molecular weight excluding hydrogens is 292 g/mol. The molecule has 6 heteroatoms. The molecule has 1 amide bonds. The number of carboxylic acids is 1. The van der Waals surface area contributed by atoms with Gasteiger partial charge in [-0.05, 0) is 35.9 Å². The van der Waals surface area contributed by atoms with Gasteiger partial charge in [-0.2, -0.15) is 0 Å². The van der Waals surface area contributed by atoms with Gasteiger partial charge in [0, 0.05) is 11.3 Å². The Morgan fingerprint density at radius 2 is 1.95 bits per heavy atom. The summed E-state index contributed by atoms with van der Waals surface area (Å²) in [4.78, 5) is 22.8. The van der Waals surface area contributed by atoms with Crippen LogP contribution in [0.4, 0.5) is 11.4 Å². The van der Waals surface area contributed by atoms with Crippen LogP contribution in [-0.4, -0.2) is 17.0 Å². The molecule has 0 aromatic heterocycles. The molecule has 21 heavy (non-hydrogen) atoms. The maximum atomic E-state index is 12.1.